The molecule has 1 aliphatic heterocycles. The first-order valence-corrected chi connectivity index (χ1v) is 7.08. The summed E-state index contributed by atoms with van der Waals surface area (Å²) in [5.41, 5.74) is 0. The summed E-state index contributed by atoms with van der Waals surface area (Å²) in [6.45, 7) is 6.23. The first-order valence-electron chi connectivity index (χ1n) is 4.76. The molecule has 1 saturated heterocycles. The summed E-state index contributed by atoms with van der Waals surface area (Å²) in [5, 5.41) is 0. The van der Waals surface area contributed by atoms with Crippen molar-refractivity contribution in [3.63, 3.8) is 0 Å². The first-order chi connectivity index (χ1) is 7.38. The molecule has 1 aliphatic rings. The maximum absolute atomic E-state index is 11.4. The molecule has 0 saturated carbocycles. The Kier molecular flexibility index (Phi) is 4.79. The molecule has 1 rings (SSSR count). The molecule has 0 atom stereocenters. The van der Waals surface area contributed by atoms with Crippen LogP contribution in [-0.4, -0.2) is 40.9 Å². The van der Waals surface area contributed by atoms with E-state index in [1.165, 1.54) is 15.7 Å². The van der Waals surface area contributed by atoms with Gasteiger partial charge in [0.2, 0.25) is 0 Å². The van der Waals surface area contributed by atoms with Gasteiger partial charge in [-0.1, -0.05) is 42.4 Å². The molecule has 7 heteroatoms. The fourth-order valence-corrected chi connectivity index (χ4v) is 2.78. The maximum atomic E-state index is 11.4. The molecule has 1 fully saturated rings. The smallest absolute Gasteiger partial charge is 0.413 e. The fraction of sp³-hybridized carbons (Fsp3) is 0.778. The van der Waals surface area contributed by atoms with E-state index < -0.39 is 12.1 Å². The van der Waals surface area contributed by atoms with Crippen LogP contribution in [0.15, 0.2) is 0 Å². The van der Waals surface area contributed by atoms with Crippen molar-refractivity contribution in [3.05, 3.63) is 0 Å². The van der Waals surface area contributed by atoms with E-state index >= 15 is 0 Å². The molecule has 92 valence electrons. The van der Waals surface area contributed by atoms with Crippen molar-refractivity contribution >= 4 is 33.7 Å². The highest BCUT2D eigenvalue weighted by molar-refractivity contribution is 8.77. The van der Waals surface area contributed by atoms with Crippen molar-refractivity contribution in [1.82, 2.24) is 4.90 Å². The topological polar surface area (TPSA) is 55.8 Å². The lowest BCUT2D eigenvalue weighted by Gasteiger charge is -2.17. The number of carbonyl (C=O) groups excluding carboxylic acids is 2. The molecule has 0 radical (unpaired) electrons. The Balaban J connectivity index is 2.14. The number of hydrogen-bond donors (Lipinski definition) is 0. The van der Waals surface area contributed by atoms with Crippen molar-refractivity contribution in [2.45, 2.75) is 25.5 Å². The van der Waals surface area contributed by atoms with E-state index in [0.717, 1.165) is 0 Å². The van der Waals surface area contributed by atoms with E-state index in [0.29, 0.717) is 0 Å². The Hall–Kier alpha value is -0.560. The lowest BCUT2D eigenvalue weighted by Crippen LogP contribution is -2.29. The van der Waals surface area contributed by atoms with E-state index in [1.807, 2.05) is 0 Å². The van der Waals surface area contributed by atoms with Crippen molar-refractivity contribution in [3.8, 4) is 0 Å². The Bertz CT molecular complexity index is 277. The van der Waals surface area contributed by atoms with Gasteiger partial charge in [-0.25, -0.2) is 4.79 Å². The van der Waals surface area contributed by atoms with E-state index in [2.05, 4.69) is 25.5 Å². The van der Waals surface area contributed by atoms with Crippen molar-refractivity contribution in [2.24, 2.45) is 0 Å². The summed E-state index contributed by atoms with van der Waals surface area (Å²) in [4.78, 5) is 23.3. The maximum Gasteiger partial charge on any atom is 0.413 e. The summed E-state index contributed by atoms with van der Waals surface area (Å²) in [6.07, 6.45) is -0.507. The second kappa shape index (κ2) is 5.67. The number of hydrogen-bond acceptors (Lipinski definition) is 6. The predicted octanol–water partition coefficient (Wildman–Crippen LogP) is 2.08. The van der Waals surface area contributed by atoms with Gasteiger partial charge >= 0.3 is 12.1 Å². The summed E-state index contributed by atoms with van der Waals surface area (Å²) >= 11 is 0. The normalized spacial score (nSPS) is 16.2. The van der Waals surface area contributed by atoms with Crippen LogP contribution in [0.25, 0.3) is 0 Å². The number of nitrogens with zero attached hydrogens (tertiary/aromatic N) is 1. The van der Waals surface area contributed by atoms with Crippen LogP contribution in [-0.2, 0) is 14.3 Å². The molecule has 0 aromatic carbocycles. The molecule has 1 amide bonds. The van der Waals surface area contributed by atoms with Gasteiger partial charge in [0.25, 0.3) is 0 Å². The van der Waals surface area contributed by atoms with Crippen molar-refractivity contribution in [2.75, 3.05) is 19.2 Å². The van der Waals surface area contributed by atoms with Crippen LogP contribution in [0.5, 0.6) is 0 Å². The third-order valence-electron chi connectivity index (χ3n) is 1.50. The first kappa shape index (κ1) is 13.5. The quantitative estimate of drug-likeness (QED) is 0.337. The zero-order valence-corrected chi connectivity index (χ0v) is 11.2. The van der Waals surface area contributed by atoms with Crippen LogP contribution in [0.1, 0.15) is 20.8 Å². The number of cyclic esters (lactones) is 1. The van der Waals surface area contributed by atoms with Crippen LogP contribution in [0.3, 0.4) is 0 Å². The second-order valence-corrected chi connectivity index (χ2v) is 7.25. The van der Waals surface area contributed by atoms with Crippen LogP contribution >= 0.6 is 21.6 Å². The average Bonchev–Trinajstić information content (AvgIpc) is 2.57. The Morgan fingerprint density at radius 1 is 1.56 bits per heavy atom. The molecule has 5 nitrogen and oxygen atoms in total. The summed E-state index contributed by atoms with van der Waals surface area (Å²) in [7, 11) is 3.11. The minimum Gasteiger partial charge on any atom is -0.443 e. The Labute approximate surface area is 103 Å². The van der Waals surface area contributed by atoms with Crippen molar-refractivity contribution in [1.29, 1.82) is 0 Å². The van der Waals surface area contributed by atoms with Crippen LogP contribution in [0.2, 0.25) is 0 Å². The molecular weight excluding hydrogens is 250 g/mol. The van der Waals surface area contributed by atoms with E-state index in [9.17, 15) is 9.59 Å². The number of esters is 1. The average molecular weight is 265 g/mol. The van der Waals surface area contributed by atoms with Gasteiger partial charge in [-0.15, -0.1) is 0 Å². The third-order valence-corrected chi connectivity index (χ3v) is 4.47. The number of rotatable bonds is 3. The zero-order valence-electron chi connectivity index (χ0n) is 9.52. The lowest BCUT2D eigenvalue weighted by atomic mass is 10.3. The Morgan fingerprint density at radius 2 is 2.25 bits per heavy atom. The predicted molar refractivity (Wildman–Crippen MR) is 63.9 cm³/mol. The standard InChI is InChI=1S/C9H15NO4S2/c1-9(2,3)16-15-6-14-8(12)10-4-7(11)13-5-10/h4-6H2,1-3H3. The van der Waals surface area contributed by atoms with Gasteiger partial charge in [0.1, 0.15) is 12.5 Å². The van der Waals surface area contributed by atoms with Gasteiger partial charge in [0.15, 0.2) is 6.73 Å². The largest absolute Gasteiger partial charge is 0.443 e. The molecular formula is C9H15NO4S2. The number of ether oxygens (including phenoxy) is 2. The van der Waals surface area contributed by atoms with Gasteiger partial charge in [-0.05, 0) is 0 Å². The summed E-state index contributed by atoms with van der Waals surface area (Å²) < 4.78 is 9.72. The Morgan fingerprint density at radius 3 is 2.75 bits per heavy atom. The molecule has 0 aliphatic carbocycles. The van der Waals surface area contributed by atoms with Gasteiger partial charge in [0, 0.05) is 4.75 Å². The van der Waals surface area contributed by atoms with E-state index in [-0.39, 0.29) is 24.0 Å². The van der Waals surface area contributed by atoms with Gasteiger partial charge < -0.3 is 9.47 Å². The van der Waals surface area contributed by atoms with E-state index in [1.54, 1.807) is 10.8 Å². The SMILES string of the molecule is CC(C)(C)SSCOC(=O)N1COC(=O)C1. The monoisotopic (exact) mass is 265 g/mol. The highest BCUT2D eigenvalue weighted by Crippen LogP contribution is 2.34. The molecule has 0 N–H and O–H groups in total. The molecule has 16 heavy (non-hydrogen) atoms. The molecule has 1 heterocycles. The number of carbonyl (C=O) groups is 2. The summed E-state index contributed by atoms with van der Waals surface area (Å²) in [6, 6.07) is 0. The zero-order chi connectivity index (χ0) is 12.2. The van der Waals surface area contributed by atoms with Gasteiger partial charge in [-0.3, -0.25) is 9.69 Å². The van der Waals surface area contributed by atoms with Crippen molar-refractivity contribution < 1.29 is 19.1 Å². The van der Waals surface area contributed by atoms with Crippen LogP contribution in [0, 0.1) is 0 Å². The van der Waals surface area contributed by atoms with Crippen LogP contribution < -0.4 is 0 Å². The number of amides is 1. The van der Waals surface area contributed by atoms with Gasteiger partial charge in [-0.2, -0.15) is 0 Å². The van der Waals surface area contributed by atoms with Crippen LogP contribution in [0.4, 0.5) is 4.79 Å². The third kappa shape index (κ3) is 4.98. The molecule has 0 unspecified atom stereocenters. The molecule has 0 spiro atoms. The molecule has 0 bridgehead atoms. The second-order valence-electron chi connectivity index (χ2n) is 4.19. The summed E-state index contributed by atoms with van der Waals surface area (Å²) in [5.74, 6) is -0.125. The van der Waals surface area contributed by atoms with E-state index in [4.69, 9.17) is 4.74 Å². The highest BCUT2D eigenvalue weighted by atomic mass is 33.1. The minimum absolute atomic E-state index is 0.00521. The van der Waals surface area contributed by atoms with Gasteiger partial charge in [0.05, 0.1) is 0 Å². The highest BCUT2D eigenvalue weighted by Gasteiger charge is 2.26. The molecule has 0 aromatic heterocycles. The minimum atomic E-state index is -0.507. The molecule has 0 aromatic rings. The lowest BCUT2D eigenvalue weighted by molar-refractivity contribution is -0.136. The fourth-order valence-electron chi connectivity index (χ4n) is 0.881.